The van der Waals surface area contributed by atoms with E-state index in [0.717, 1.165) is 5.56 Å². The van der Waals surface area contributed by atoms with Gasteiger partial charge in [0.1, 0.15) is 6.04 Å². The number of carbonyl (C=O) groups is 1. The van der Waals surface area contributed by atoms with Gasteiger partial charge in [-0.3, -0.25) is 9.78 Å². The molecule has 0 saturated carbocycles. The lowest BCUT2D eigenvalue weighted by atomic mass is 10.1. The van der Waals surface area contributed by atoms with Gasteiger partial charge in [0, 0.05) is 12.4 Å². The molecule has 1 aromatic rings. The monoisotopic (exact) mass is 208 g/mol. The highest BCUT2D eigenvalue weighted by Gasteiger charge is 2.17. The SMILES string of the molecule is CCOC(=O)C(Cc1ccncc1)NC. The second-order valence-corrected chi connectivity index (χ2v) is 3.15. The highest BCUT2D eigenvalue weighted by atomic mass is 16.5. The Hall–Kier alpha value is -1.42. The van der Waals surface area contributed by atoms with Gasteiger partial charge in [0.25, 0.3) is 0 Å². The van der Waals surface area contributed by atoms with Gasteiger partial charge in [-0.25, -0.2) is 0 Å². The lowest BCUT2D eigenvalue weighted by Gasteiger charge is -2.14. The van der Waals surface area contributed by atoms with Crippen LogP contribution in [0.25, 0.3) is 0 Å². The number of nitrogens with one attached hydrogen (secondary N) is 1. The summed E-state index contributed by atoms with van der Waals surface area (Å²) in [7, 11) is 1.75. The average molecular weight is 208 g/mol. The predicted octanol–water partition coefficient (Wildman–Crippen LogP) is 0.775. The maximum Gasteiger partial charge on any atom is 0.323 e. The Bertz CT molecular complexity index is 301. The number of hydrogen-bond donors (Lipinski definition) is 1. The number of ether oxygens (including phenoxy) is 1. The predicted molar refractivity (Wildman–Crippen MR) is 57.4 cm³/mol. The van der Waals surface area contributed by atoms with Crippen molar-refractivity contribution in [1.29, 1.82) is 0 Å². The van der Waals surface area contributed by atoms with Crippen molar-refractivity contribution in [3.8, 4) is 0 Å². The fourth-order valence-corrected chi connectivity index (χ4v) is 1.30. The highest BCUT2D eigenvalue weighted by Crippen LogP contribution is 2.02. The van der Waals surface area contributed by atoms with E-state index in [1.165, 1.54) is 0 Å². The van der Waals surface area contributed by atoms with Gasteiger partial charge in [0.05, 0.1) is 6.61 Å². The normalized spacial score (nSPS) is 12.1. The van der Waals surface area contributed by atoms with Gasteiger partial charge in [-0.1, -0.05) is 0 Å². The third-order valence-electron chi connectivity index (χ3n) is 2.11. The lowest BCUT2D eigenvalue weighted by Crippen LogP contribution is -2.37. The number of esters is 1. The van der Waals surface area contributed by atoms with E-state index in [4.69, 9.17) is 4.74 Å². The van der Waals surface area contributed by atoms with Crippen LogP contribution in [0.1, 0.15) is 12.5 Å². The number of nitrogens with zero attached hydrogens (tertiary/aromatic N) is 1. The fourth-order valence-electron chi connectivity index (χ4n) is 1.30. The van der Waals surface area contributed by atoms with Crippen molar-refractivity contribution in [2.24, 2.45) is 0 Å². The topological polar surface area (TPSA) is 51.2 Å². The van der Waals surface area contributed by atoms with Gasteiger partial charge >= 0.3 is 5.97 Å². The summed E-state index contributed by atoms with van der Waals surface area (Å²) in [5, 5.41) is 2.94. The number of carbonyl (C=O) groups excluding carboxylic acids is 1. The maximum atomic E-state index is 11.5. The molecule has 0 spiro atoms. The zero-order chi connectivity index (χ0) is 11.1. The van der Waals surface area contributed by atoms with Gasteiger partial charge in [-0.05, 0) is 38.1 Å². The average Bonchev–Trinajstić information content (AvgIpc) is 2.27. The Morgan fingerprint density at radius 1 is 1.53 bits per heavy atom. The third kappa shape index (κ3) is 3.67. The molecule has 1 rings (SSSR count). The van der Waals surface area contributed by atoms with E-state index in [2.05, 4.69) is 10.3 Å². The molecule has 0 aliphatic carbocycles. The number of pyridine rings is 1. The van der Waals surface area contributed by atoms with Crippen LogP contribution >= 0.6 is 0 Å². The smallest absolute Gasteiger partial charge is 0.323 e. The summed E-state index contributed by atoms with van der Waals surface area (Å²) in [6.07, 6.45) is 4.05. The van der Waals surface area contributed by atoms with Gasteiger partial charge < -0.3 is 10.1 Å². The molecule has 0 bridgehead atoms. The Labute approximate surface area is 89.7 Å². The molecule has 0 aliphatic heterocycles. The minimum atomic E-state index is -0.285. The first-order valence-electron chi connectivity index (χ1n) is 5.00. The van der Waals surface area contributed by atoms with Crippen LogP contribution in [0, 0.1) is 0 Å². The van der Waals surface area contributed by atoms with Gasteiger partial charge in [-0.2, -0.15) is 0 Å². The van der Waals surface area contributed by atoms with Crippen LogP contribution in [-0.2, 0) is 16.0 Å². The van der Waals surface area contributed by atoms with E-state index in [-0.39, 0.29) is 12.0 Å². The zero-order valence-corrected chi connectivity index (χ0v) is 9.06. The first-order chi connectivity index (χ1) is 7.27. The summed E-state index contributed by atoms with van der Waals surface area (Å²) < 4.78 is 4.95. The van der Waals surface area contributed by atoms with Gasteiger partial charge in [0.15, 0.2) is 0 Å². The Morgan fingerprint density at radius 3 is 2.73 bits per heavy atom. The third-order valence-corrected chi connectivity index (χ3v) is 2.11. The molecule has 1 unspecified atom stereocenters. The Balaban J connectivity index is 2.58. The molecule has 0 aromatic carbocycles. The minimum Gasteiger partial charge on any atom is -0.465 e. The van der Waals surface area contributed by atoms with Crippen molar-refractivity contribution in [2.45, 2.75) is 19.4 Å². The molecule has 1 N–H and O–H groups in total. The molecule has 0 saturated heterocycles. The summed E-state index contributed by atoms with van der Waals surface area (Å²) >= 11 is 0. The zero-order valence-electron chi connectivity index (χ0n) is 9.06. The summed E-state index contributed by atoms with van der Waals surface area (Å²) in [6.45, 7) is 2.21. The standard InChI is InChI=1S/C11H16N2O2/c1-3-15-11(14)10(12-2)8-9-4-6-13-7-5-9/h4-7,10,12H,3,8H2,1-2H3. The van der Waals surface area contributed by atoms with Crippen LogP contribution in [0.5, 0.6) is 0 Å². The lowest BCUT2D eigenvalue weighted by molar-refractivity contribution is -0.145. The molecule has 1 atom stereocenters. The minimum absolute atomic E-state index is 0.211. The molecule has 1 heterocycles. The van der Waals surface area contributed by atoms with E-state index in [1.807, 2.05) is 12.1 Å². The first kappa shape index (κ1) is 11.7. The summed E-state index contributed by atoms with van der Waals surface area (Å²) in [5.74, 6) is -0.211. The molecule has 4 heteroatoms. The van der Waals surface area contributed by atoms with Crippen molar-refractivity contribution in [3.05, 3.63) is 30.1 Å². The quantitative estimate of drug-likeness (QED) is 0.726. The number of likely N-dealkylation sites (N-methyl/N-ethyl adjacent to an activating group) is 1. The molecular weight excluding hydrogens is 192 g/mol. The summed E-state index contributed by atoms with van der Waals surface area (Å²) in [6, 6.07) is 3.50. The van der Waals surface area contributed by atoms with Crippen LogP contribution in [0.4, 0.5) is 0 Å². The molecule has 0 fully saturated rings. The van der Waals surface area contributed by atoms with Crippen LogP contribution in [0.2, 0.25) is 0 Å². The van der Waals surface area contributed by atoms with E-state index in [0.29, 0.717) is 13.0 Å². The Morgan fingerprint density at radius 2 is 2.20 bits per heavy atom. The summed E-state index contributed by atoms with van der Waals surface area (Å²) in [5.41, 5.74) is 1.07. The van der Waals surface area contributed by atoms with Crippen LogP contribution < -0.4 is 5.32 Å². The molecule has 15 heavy (non-hydrogen) atoms. The van der Waals surface area contributed by atoms with Crippen LogP contribution in [0.15, 0.2) is 24.5 Å². The first-order valence-corrected chi connectivity index (χ1v) is 5.00. The number of rotatable bonds is 5. The maximum absolute atomic E-state index is 11.5. The molecule has 1 aromatic heterocycles. The van der Waals surface area contributed by atoms with E-state index >= 15 is 0 Å². The van der Waals surface area contributed by atoms with Gasteiger partial charge in [0.2, 0.25) is 0 Å². The van der Waals surface area contributed by atoms with Gasteiger partial charge in [-0.15, -0.1) is 0 Å². The Kier molecular flexibility index (Phi) is 4.77. The second-order valence-electron chi connectivity index (χ2n) is 3.15. The molecule has 0 amide bonds. The molecule has 4 nitrogen and oxygen atoms in total. The van der Waals surface area contributed by atoms with Crippen molar-refractivity contribution in [2.75, 3.05) is 13.7 Å². The molecule has 0 radical (unpaired) electrons. The molecule has 82 valence electrons. The number of aromatic nitrogens is 1. The van der Waals surface area contributed by atoms with Crippen molar-refractivity contribution in [3.63, 3.8) is 0 Å². The number of hydrogen-bond acceptors (Lipinski definition) is 4. The molecule has 0 aliphatic rings. The highest BCUT2D eigenvalue weighted by molar-refractivity contribution is 5.76. The van der Waals surface area contributed by atoms with Crippen molar-refractivity contribution < 1.29 is 9.53 Å². The molecular formula is C11H16N2O2. The largest absolute Gasteiger partial charge is 0.465 e. The van der Waals surface area contributed by atoms with E-state index in [9.17, 15) is 4.79 Å². The second kappa shape index (κ2) is 6.14. The van der Waals surface area contributed by atoms with Crippen LogP contribution in [-0.4, -0.2) is 30.6 Å². The van der Waals surface area contributed by atoms with Crippen molar-refractivity contribution in [1.82, 2.24) is 10.3 Å². The van der Waals surface area contributed by atoms with Crippen LogP contribution in [0.3, 0.4) is 0 Å². The van der Waals surface area contributed by atoms with E-state index < -0.39 is 0 Å². The van der Waals surface area contributed by atoms with E-state index in [1.54, 1.807) is 26.4 Å². The fraction of sp³-hybridized carbons (Fsp3) is 0.455. The summed E-state index contributed by atoms with van der Waals surface area (Å²) in [4.78, 5) is 15.4. The van der Waals surface area contributed by atoms with Crippen molar-refractivity contribution >= 4 is 5.97 Å².